The maximum atomic E-state index is 12.4. The zero-order valence-corrected chi connectivity index (χ0v) is 16.5. The minimum Gasteiger partial charge on any atom is -0.352 e. The molecule has 0 heterocycles. The van der Waals surface area contributed by atoms with Crippen LogP contribution in [-0.2, 0) is 0 Å². The van der Waals surface area contributed by atoms with E-state index in [4.69, 9.17) is 23.2 Å². The molecule has 0 spiro atoms. The number of carbonyl (C=O) groups excluding carboxylic acids is 2. The van der Waals surface area contributed by atoms with Gasteiger partial charge in [0.2, 0.25) is 0 Å². The first-order valence-corrected chi connectivity index (χ1v) is 9.10. The molecule has 0 radical (unpaired) electrons. The van der Waals surface area contributed by atoms with Gasteiger partial charge in [0.25, 0.3) is 11.8 Å². The summed E-state index contributed by atoms with van der Waals surface area (Å²) in [7, 11) is 0. The quantitative estimate of drug-likeness (QED) is 0.597. The van der Waals surface area contributed by atoms with Crippen molar-refractivity contribution in [1.82, 2.24) is 5.32 Å². The number of anilines is 1. The van der Waals surface area contributed by atoms with E-state index in [2.05, 4.69) is 33.2 Å². The lowest BCUT2D eigenvalue weighted by Gasteiger charge is -2.12. The van der Waals surface area contributed by atoms with Crippen LogP contribution in [0.25, 0.3) is 0 Å². The van der Waals surface area contributed by atoms with Gasteiger partial charge in [-0.1, -0.05) is 30.1 Å². The summed E-state index contributed by atoms with van der Waals surface area (Å²) in [6.45, 7) is 2.54. The third-order valence-corrected chi connectivity index (χ3v) is 4.40. The number of hydrogen-bond donors (Lipinski definition) is 2. The highest BCUT2D eigenvalue weighted by atomic mass is 127. The molecule has 2 rings (SSSR count). The van der Waals surface area contributed by atoms with Crippen molar-refractivity contribution in [3.05, 3.63) is 61.1 Å². The second-order valence-corrected chi connectivity index (χ2v) is 7.11. The molecular formula is C17H15Cl2IN2O2. The molecule has 0 unspecified atom stereocenters. The minimum absolute atomic E-state index is 0.229. The molecule has 2 amide bonds. The predicted octanol–water partition coefficient (Wildman–Crippen LogP) is 4.99. The average molecular weight is 477 g/mol. The van der Waals surface area contributed by atoms with Crippen molar-refractivity contribution in [1.29, 1.82) is 0 Å². The number of hydrogen-bond acceptors (Lipinski definition) is 2. The summed E-state index contributed by atoms with van der Waals surface area (Å²) in [6, 6.07) is 9.88. The van der Waals surface area contributed by atoms with Gasteiger partial charge in [-0.2, -0.15) is 0 Å². The minimum atomic E-state index is -0.401. The van der Waals surface area contributed by atoms with Gasteiger partial charge in [-0.05, 0) is 65.4 Å². The van der Waals surface area contributed by atoms with Crippen molar-refractivity contribution in [3.8, 4) is 0 Å². The lowest BCUT2D eigenvalue weighted by atomic mass is 10.1. The van der Waals surface area contributed by atoms with Gasteiger partial charge in [-0.15, -0.1) is 0 Å². The SMILES string of the molecule is CCCNC(=O)c1cc(I)ccc1NC(=O)c1ccc(Cl)cc1Cl. The van der Waals surface area contributed by atoms with E-state index >= 15 is 0 Å². The molecular weight excluding hydrogens is 462 g/mol. The van der Waals surface area contributed by atoms with Gasteiger partial charge in [-0.3, -0.25) is 9.59 Å². The van der Waals surface area contributed by atoms with E-state index in [-0.39, 0.29) is 10.9 Å². The highest BCUT2D eigenvalue weighted by Gasteiger charge is 2.16. The number of carbonyl (C=O) groups is 2. The van der Waals surface area contributed by atoms with Crippen LogP contribution in [0.1, 0.15) is 34.1 Å². The Morgan fingerprint density at radius 3 is 2.46 bits per heavy atom. The Bertz CT molecular complexity index is 781. The van der Waals surface area contributed by atoms with E-state index in [0.29, 0.717) is 28.4 Å². The summed E-state index contributed by atoms with van der Waals surface area (Å²) in [5.41, 5.74) is 1.13. The maximum absolute atomic E-state index is 12.4. The Hall–Kier alpha value is -1.31. The van der Waals surface area contributed by atoms with Crippen molar-refractivity contribution < 1.29 is 9.59 Å². The number of amides is 2. The van der Waals surface area contributed by atoms with E-state index in [0.717, 1.165) is 9.99 Å². The molecule has 7 heteroatoms. The Balaban J connectivity index is 2.28. The first-order valence-electron chi connectivity index (χ1n) is 7.26. The van der Waals surface area contributed by atoms with Gasteiger partial charge in [0, 0.05) is 15.1 Å². The molecule has 0 aliphatic rings. The number of halogens is 3. The van der Waals surface area contributed by atoms with Gasteiger partial charge in [-0.25, -0.2) is 0 Å². The largest absolute Gasteiger partial charge is 0.352 e. The molecule has 0 bridgehead atoms. The van der Waals surface area contributed by atoms with Crippen LogP contribution >= 0.6 is 45.8 Å². The normalized spacial score (nSPS) is 10.3. The third kappa shape index (κ3) is 4.84. The van der Waals surface area contributed by atoms with E-state index in [1.54, 1.807) is 24.3 Å². The first kappa shape index (κ1) is 19.0. The van der Waals surface area contributed by atoms with Crippen molar-refractivity contribution in [3.63, 3.8) is 0 Å². The molecule has 2 N–H and O–H groups in total. The fourth-order valence-electron chi connectivity index (χ4n) is 2.01. The average Bonchev–Trinajstić information content (AvgIpc) is 2.54. The fraction of sp³-hybridized carbons (Fsp3) is 0.176. The summed E-state index contributed by atoms with van der Waals surface area (Å²) in [5.74, 6) is -0.629. The molecule has 0 aromatic heterocycles. The molecule has 4 nitrogen and oxygen atoms in total. The van der Waals surface area contributed by atoms with Crippen LogP contribution in [0.4, 0.5) is 5.69 Å². The van der Waals surface area contributed by atoms with Crippen LogP contribution in [0.3, 0.4) is 0 Å². The van der Waals surface area contributed by atoms with Gasteiger partial charge < -0.3 is 10.6 Å². The summed E-state index contributed by atoms with van der Waals surface area (Å²) in [6.07, 6.45) is 0.831. The lowest BCUT2D eigenvalue weighted by molar-refractivity contribution is 0.0954. The maximum Gasteiger partial charge on any atom is 0.257 e. The Morgan fingerprint density at radius 2 is 1.79 bits per heavy atom. The number of nitrogens with one attached hydrogen (secondary N) is 2. The van der Waals surface area contributed by atoms with E-state index in [9.17, 15) is 9.59 Å². The number of benzene rings is 2. The summed E-state index contributed by atoms with van der Waals surface area (Å²) in [4.78, 5) is 24.7. The summed E-state index contributed by atoms with van der Waals surface area (Å²) >= 11 is 14.0. The summed E-state index contributed by atoms with van der Waals surface area (Å²) in [5, 5.41) is 6.25. The van der Waals surface area contributed by atoms with Crippen LogP contribution in [-0.4, -0.2) is 18.4 Å². The molecule has 24 heavy (non-hydrogen) atoms. The monoisotopic (exact) mass is 476 g/mol. The van der Waals surface area contributed by atoms with Gasteiger partial charge >= 0.3 is 0 Å². The van der Waals surface area contributed by atoms with Crippen molar-refractivity contribution >= 4 is 63.3 Å². The van der Waals surface area contributed by atoms with Crippen LogP contribution in [0.2, 0.25) is 10.0 Å². The molecule has 126 valence electrons. The Labute approximate surface area is 164 Å². The van der Waals surface area contributed by atoms with E-state index < -0.39 is 5.91 Å². The van der Waals surface area contributed by atoms with E-state index in [1.807, 2.05) is 13.0 Å². The molecule has 2 aromatic carbocycles. The fourth-order valence-corrected chi connectivity index (χ4v) is 3.00. The summed E-state index contributed by atoms with van der Waals surface area (Å²) < 4.78 is 0.900. The topological polar surface area (TPSA) is 58.2 Å². The molecule has 0 fully saturated rings. The molecule has 2 aromatic rings. The molecule has 0 saturated carbocycles. The van der Waals surface area contributed by atoms with Gasteiger partial charge in [0.05, 0.1) is 21.8 Å². The molecule has 0 saturated heterocycles. The highest BCUT2D eigenvalue weighted by molar-refractivity contribution is 14.1. The van der Waals surface area contributed by atoms with Gasteiger partial charge in [0.15, 0.2) is 0 Å². The van der Waals surface area contributed by atoms with Crippen LogP contribution in [0.15, 0.2) is 36.4 Å². The Kier molecular flexibility index (Phi) is 6.89. The zero-order valence-electron chi connectivity index (χ0n) is 12.8. The Morgan fingerprint density at radius 1 is 1.04 bits per heavy atom. The van der Waals surface area contributed by atoms with Crippen LogP contribution < -0.4 is 10.6 Å². The third-order valence-electron chi connectivity index (χ3n) is 3.19. The highest BCUT2D eigenvalue weighted by Crippen LogP contribution is 2.24. The first-order chi connectivity index (χ1) is 11.4. The second kappa shape index (κ2) is 8.69. The predicted molar refractivity (Wildman–Crippen MR) is 106 cm³/mol. The molecule has 0 aliphatic heterocycles. The second-order valence-electron chi connectivity index (χ2n) is 5.02. The number of rotatable bonds is 5. The van der Waals surface area contributed by atoms with Crippen molar-refractivity contribution in [2.24, 2.45) is 0 Å². The smallest absolute Gasteiger partial charge is 0.257 e. The molecule has 0 aliphatic carbocycles. The van der Waals surface area contributed by atoms with Crippen molar-refractivity contribution in [2.75, 3.05) is 11.9 Å². The van der Waals surface area contributed by atoms with Crippen LogP contribution in [0, 0.1) is 3.57 Å². The van der Waals surface area contributed by atoms with Crippen LogP contribution in [0.5, 0.6) is 0 Å². The molecule has 0 atom stereocenters. The zero-order chi connectivity index (χ0) is 17.7. The van der Waals surface area contributed by atoms with Gasteiger partial charge in [0.1, 0.15) is 0 Å². The van der Waals surface area contributed by atoms with Crippen molar-refractivity contribution in [2.45, 2.75) is 13.3 Å². The standard InChI is InChI=1S/C17H15Cl2IN2O2/c1-2-7-21-16(23)13-9-11(20)4-6-15(13)22-17(24)12-5-3-10(18)8-14(12)19/h3-6,8-9H,2,7H2,1H3,(H,21,23)(H,22,24). The van der Waals surface area contributed by atoms with E-state index in [1.165, 1.54) is 6.07 Å². The lowest BCUT2D eigenvalue weighted by Crippen LogP contribution is -2.26.